The van der Waals surface area contributed by atoms with Crippen LogP contribution in [-0.4, -0.2) is 24.4 Å². The van der Waals surface area contributed by atoms with E-state index in [2.05, 4.69) is 12.2 Å². The third-order valence-electron chi connectivity index (χ3n) is 5.19. The van der Waals surface area contributed by atoms with E-state index in [-0.39, 0.29) is 23.2 Å². The molecule has 2 heterocycles. The minimum Gasteiger partial charge on any atom is -0.464 e. The highest BCUT2D eigenvalue weighted by atomic mass is 16.6. The van der Waals surface area contributed by atoms with Crippen LogP contribution in [0.5, 0.6) is 0 Å². The first-order valence-corrected chi connectivity index (χ1v) is 9.30. The van der Waals surface area contributed by atoms with Gasteiger partial charge in [-0.1, -0.05) is 13.8 Å². The van der Waals surface area contributed by atoms with Crippen LogP contribution in [0, 0.1) is 16.0 Å². The molecule has 1 N–H and O–H groups in total. The van der Waals surface area contributed by atoms with Crippen LogP contribution in [0.3, 0.4) is 0 Å². The van der Waals surface area contributed by atoms with E-state index in [0.717, 1.165) is 30.8 Å². The third kappa shape index (κ3) is 3.82. The van der Waals surface area contributed by atoms with Gasteiger partial charge in [-0.15, -0.1) is 0 Å². The Bertz CT molecular complexity index is 846. The van der Waals surface area contributed by atoms with Crippen molar-refractivity contribution in [3.63, 3.8) is 0 Å². The van der Waals surface area contributed by atoms with Crippen LogP contribution in [0.15, 0.2) is 34.7 Å². The number of nitro groups is 1. The second-order valence-electron chi connectivity index (χ2n) is 7.04. The van der Waals surface area contributed by atoms with Gasteiger partial charge in [-0.2, -0.15) is 0 Å². The molecule has 2 unspecified atom stereocenters. The first-order valence-electron chi connectivity index (χ1n) is 9.30. The number of hydrogen-bond donors (Lipinski definition) is 1. The number of aryl methyl sites for hydroxylation is 1. The fourth-order valence-electron chi connectivity index (χ4n) is 3.66. The van der Waals surface area contributed by atoms with Crippen molar-refractivity contribution in [2.45, 2.75) is 39.2 Å². The van der Waals surface area contributed by atoms with Crippen LogP contribution >= 0.6 is 0 Å². The van der Waals surface area contributed by atoms with Gasteiger partial charge < -0.3 is 14.6 Å². The molecule has 0 bridgehead atoms. The zero-order chi connectivity index (χ0) is 19.6. The number of carbonyl (C=O) groups excluding carboxylic acids is 1. The Morgan fingerprint density at radius 3 is 2.78 bits per heavy atom. The van der Waals surface area contributed by atoms with E-state index < -0.39 is 4.92 Å². The van der Waals surface area contributed by atoms with Crippen LogP contribution in [0.2, 0.25) is 0 Å². The normalized spacial score (nSPS) is 19.7. The Morgan fingerprint density at radius 1 is 1.37 bits per heavy atom. The standard InChI is InChI=1S/C20H25N3O4/c1-4-15-6-8-19(27-15)18-11-13(2)9-10-22(18)16-7-5-14(20(24)21-3)12-17(16)23(25)26/h5-8,12-13,18H,4,9-11H2,1-3H3,(H,21,24). The zero-order valence-electron chi connectivity index (χ0n) is 15.9. The Kier molecular flexibility index (Phi) is 5.48. The van der Waals surface area contributed by atoms with Crippen LogP contribution in [0.25, 0.3) is 0 Å². The lowest BCUT2D eigenvalue weighted by molar-refractivity contribution is -0.384. The first kappa shape index (κ1) is 18.9. The van der Waals surface area contributed by atoms with Gasteiger partial charge in [0.2, 0.25) is 0 Å². The van der Waals surface area contributed by atoms with Crippen molar-refractivity contribution in [2.75, 3.05) is 18.5 Å². The smallest absolute Gasteiger partial charge is 0.293 e. The number of anilines is 1. The van der Waals surface area contributed by atoms with Crippen LogP contribution in [-0.2, 0) is 6.42 Å². The fourth-order valence-corrected chi connectivity index (χ4v) is 3.66. The molecular weight excluding hydrogens is 346 g/mol. The molecule has 1 aromatic heterocycles. The summed E-state index contributed by atoms with van der Waals surface area (Å²) in [5, 5.41) is 14.2. The molecule has 7 nitrogen and oxygen atoms in total. The number of rotatable bonds is 5. The van der Waals surface area contributed by atoms with Gasteiger partial charge in [0.15, 0.2) is 0 Å². The summed E-state index contributed by atoms with van der Waals surface area (Å²) in [7, 11) is 1.51. The summed E-state index contributed by atoms with van der Waals surface area (Å²) in [6.07, 6.45) is 2.63. The minimum atomic E-state index is -0.420. The highest BCUT2D eigenvalue weighted by Gasteiger charge is 2.34. The van der Waals surface area contributed by atoms with E-state index in [4.69, 9.17) is 4.42 Å². The molecule has 1 fully saturated rings. The highest BCUT2D eigenvalue weighted by molar-refractivity contribution is 5.95. The maximum Gasteiger partial charge on any atom is 0.293 e. The maximum absolute atomic E-state index is 11.9. The number of nitro benzene ring substituents is 1. The van der Waals surface area contributed by atoms with Crippen molar-refractivity contribution in [3.05, 3.63) is 57.5 Å². The molecule has 1 aliphatic heterocycles. The molecule has 1 aliphatic rings. The summed E-state index contributed by atoms with van der Waals surface area (Å²) >= 11 is 0. The molecule has 27 heavy (non-hydrogen) atoms. The van der Waals surface area contributed by atoms with Crippen molar-refractivity contribution in [1.29, 1.82) is 0 Å². The molecule has 2 aromatic rings. The van der Waals surface area contributed by atoms with Crippen LogP contribution in [0.1, 0.15) is 54.6 Å². The van der Waals surface area contributed by atoms with Gasteiger partial charge in [-0.25, -0.2) is 0 Å². The number of hydrogen-bond acceptors (Lipinski definition) is 5. The van der Waals surface area contributed by atoms with Crippen molar-refractivity contribution in [3.8, 4) is 0 Å². The quantitative estimate of drug-likeness (QED) is 0.632. The first-order chi connectivity index (χ1) is 12.9. The van der Waals surface area contributed by atoms with Gasteiger partial charge in [0.1, 0.15) is 17.2 Å². The third-order valence-corrected chi connectivity index (χ3v) is 5.19. The molecule has 1 saturated heterocycles. The van der Waals surface area contributed by atoms with Gasteiger partial charge in [0.25, 0.3) is 11.6 Å². The lowest BCUT2D eigenvalue weighted by atomic mass is 9.90. The molecule has 0 saturated carbocycles. The summed E-state index contributed by atoms with van der Waals surface area (Å²) in [5.41, 5.74) is 0.748. The number of piperidine rings is 1. The molecule has 144 valence electrons. The van der Waals surface area contributed by atoms with Crippen molar-refractivity contribution in [2.24, 2.45) is 5.92 Å². The van der Waals surface area contributed by atoms with E-state index in [1.807, 2.05) is 24.0 Å². The van der Waals surface area contributed by atoms with E-state index in [1.165, 1.54) is 13.1 Å². The SMILES string of the molecule is CCc1ccc(C2CC(C)CCN2c2ccc(C(=O)NC)cc2[N+](=O)[O-])o1. The predicted octanol–water partition coefficient (Wildman–Crippen LogP) is 4.09. The molecular formula is C20H25N3O4. The number of benzene rings is 1. The van der Waals surface area contributed by atoms with Crippen molar-refractivity contribution >= 4 is 17.3 Å². The molecule has 0 aliphatic carbocycles. The summed E-state index contributed by atoms with van der Waals surface area (Å²) in [6, 6.07) is 8.54. The average molecular weight is 371 g/mol. The summed E-state index contributed by atoms with van der Waals surface area (Å²) < 4.78 is 5.98. The Morgan fingerprint density at radius 2 is 2.15 bits per heavy atom. The second-order valence-corrected chi connectivity index (χ2v) is 7.04. The summed E-state index contributed by atoms with van der Waals surface area (Å²) in [6.45, 7) is 4.93. The van der Waals surface area contributed by atoms with Crippen molar-refractivity contribution in [1.82, 2.24) is 5.32 Å². The number of amides is 1. The summed E-state index contributed by atoms with van der Waals surface area (Å²) in [5.74, 6) is 1.91. The maximum atomic E-state index is 11.9. The van der Waals surface area contributed by atoms with Crippen molar-refractivity contribution < 1.29 is 14.1 Å². The molecule has 1 amide bonds. The number of nitrogens with one attached hydrogen (secondary N) is 1. The molecule has 0 spiro atoms. The summed E-state index contributed by atoms with van der Waals surface area (Å²) in [4.78, 5) is 25.2. The van der Waals surface area contributed by atoms with Gasteiger partial charge >= 0.3 is 0 Å². The zero-order valence-corrected chi connectivity index (χ0v) is 15.9. The number of furan rings is 1. The van der Waals surface area contributed by atoms with E-state index in [0.29, 0.717) is 18.2 Å². The lowest BCUT2D eigenvalue weighted by Gasteiger charge is -2.38. The lowest BCUT2D eigenvalue weighted by Crippen LogP contribution is -2.36. The topological polar surface area (TPSA) is 88.6 Å². The number of carbonyl (C=O) groups is 1. The van der Waals surface area contributed by atoms with Crippen LogP contribution < -0.4 is 10.2 Å². The van der Waals surface area contributed by atoms with Gasteiger partial charge in [0, 0.05) is 31.6 Å². The minimum absolute atomic E-state index is 0.0569. The van der Waals surface area contributed by atoms with E-state index >= 15 is 0 Å². The Hall–Kier alpha value is -2.83. The highest BCUT2D eigenvalue weighted by Crippen LogP contribution is 2.41. The fraction of sp³-hybridized carbons (Fsp3) is 0.450. The largest absolute Gasteiger partial charge is 0.464 e. The Balaban J connectivity index is 2.03. The second kappa shape index (κ2) is 7.82. The molecule has 1 aromatic carbocycles. The van der Waals surface area contributed by atoms with E-state index in [9.17, 15) is 14.9 Å². The van der Waals surface area contributed by atoms with Gasteiger partial charge in [0.05, 0.1) is 11.0 Å². The average Bonchev–Trinajstić information content (AvgIpc) is 3.16. The van der Waals surface area contributed by atoms with Crippen LogP contribution in [0.4, 0.5) is 11.4 Å². The Labute approximate surface area is 158 Å². The molecule has 7 heteroatoms. The van der Waals surface area contributed by atoms with Gasteiger partial charge in [-0.05, 0) is 43.0 Å². The van der Waals surface area contributed by atoms with E-state index in [1.54, 1.807) is 12.1 Å². The van der Waals surface area contributed by atoms with Gasteiger partial charge in [-0.3, -0.25) is 14.9 Å². The monoisotopic (exact) mass is 371 g/mol. The molecule has 2 atom stereocenters. The molecule has 0 radical (unpaired) electrons. The number of nitrogens with zero attached hydrogens (tertiary/aromatic N) is 2. The molecule has 3 rings (SSSR count). The predicted molar refractivity (Wildman–Crippen MR) is 103 cm³/mol.